The number of hydrogen-bond acceptors (Lipinski definition) is 3. The van der Waals surface area contributed by atoms with E-state index in [4.69, 9.17) is 0 Å². The molecule has 0 spiro atoms. The summed E-state index contributed by atoms with van der Waals surface area (Å²) in [7, 11) is 1.43. The minimum Gasteiger partial charge on any atom is -0.322 e. The maximum atomic E-state index is 12.3. The van der Waals surface area contributed by atoms with Crippen LogP contribution in [0, 0.1) is 6.92 Å². The molecule has 1 aliphatic heterocycles. The van der Waals surface area contributed by atoms with Crippen LogP contribution in [0.4, 0.5) is 5.69 Å². The second-order valence-corrected chi connectivity index (χ2v) is 5.25. The van der Waals surface area contributed by atoms with E-state index in [-0.39, 0.29) is 23.3 Å². The van der Waals surface area contributed by atoms with Gasteiger partial charge in [0.15, 0.2) is 0 Å². The van der Waals surface area contributed by atoms with E-state index >= 15 is 0 Å². The fourth-order valence-electron chi connectivity index (χ4n) is 2.43. The molecule has 0 radical (unpaired) electrons. The number of benzene rings is 2. The first-order valence-corrected chi connectivity index (χ1v) is 6.82. The zero-order valence-electron chi connectivity index (χ0n) is 12.2. The Labute approximate surface area is 127 Å². The molecule has 3 rings (SSSR count). The Morgan fingerprint density at radius 1 is 1.00 bits per heavy atom. The molecule has 0 atom stereocenters. The van der Waals surface area contributed by atoms with E-state index in [1.165, 1.54) is 19.2 Å². The lowest BCUT2D eigenvalue weighted by Crippen LogP contribution is -2.24. The normalized spacial score (nSPS) is 13.3. The third-order valence-corrected chi connectivity index (χ3v) is 3.63. The number of aryl methyl sites for hydroxylation is 1. The van der Waals surface area contributed by atoms with Gasteiger partial charge in [-0.25, -0.2) is 0 Å². The van der Waals surface area contributed by atoms with Gasteiger partial charge in [0.2, 0.25) is 0 Å². The van der Waals surface area contributed by atoms with Gasteiger partial charge < -0.3 is 5.32 Å². The Morgan fingerprint density at radius 2 is 1.73 bits per heavy atom. The lowest BCUT2D eigenvalue weighted by molar-refractivity contribution is 0.0693. The quantitative estimate of drug-likeness (QED) is 0.865. The molecule has 0 aliphatic carbocycles. The fraction of sp³-hybridized carbons (Fsp3) is 0.118. The number of imide groups is 1. The molecule has 0 bridgehead atoms. The summed E-state index contributed by atoms with van der Waals surface area (Å²) in [5, 5.41) is 2.78. The van der Waals surface area contributed by atoms with Gasteiger partial charge in [-0.1, -0.05) is 12.1 Å². The van der Waals surface area contributed by atoms with Gasteiger partial charge in [-0.2, -0.15) is 0 Å². The largest absolute Gasteiger partial charge is 0.322 e. The van der Waals surface area contributed by atoms with E-state index in [9.17, 15) is 14.4 Å². The van der Waals surface area contributed by atoms with Gasteiger partial charge in [0.1, 0.15) is 0 Å². The second-order valence-electron chi connectivity index (χ2n) is 5.25. The summed E-state index contributed by atoms with van der Waals surface area (Å²) in [6.07, 6.45) is 0. The molecule has 3 amide bonds. The van der Waals surface area contributed by atoms with Crippen molar-refractivity contribution in [3.63, 3.8) is 0 Å². The molecule has 5 nitrogen and oxygen atoms in total. The number of carbonyl (C=O) groups excluding carboxylic acids is 3. The predicted octanol–water partition coefficient (Wildman–Crippen LogP) is 2.47. The van der Waals surface area contributed by atoms with Crippen LogP contribution in [0.5, 0.6) is 0 Å². The zero-order chi connectivity index (χ0) is 15.9. The van der Waals surface area contributed by atoms with Crippen LogP contribution in [-0.2, 0) is 0 Å². The van der Waals surface area contributed by atoms with Crippen LogP contribution in [0.1, 0.15) is 36.6 Å². The molecule has 110 valence electrons. The van der Waals surface area contributed by atoms with Crippen molar-refractivity contribution in [3.8, 4) is 0 Å². The van der Waals surface area contributed by atoms with Crippen LogP contribution < -0.4 is 5.32 Å². The Balaban J connectivity index is 1.89. The highest BCUT2D eigenvalue weighted by molar-refractivity contribution is 6.22. The molecule has 2 aromatic rings. The third-order valence-electron chi connectivity index (χ3n) is 3.63. The molecule has 0 unspecified atom stereocenters. The van der Waals surface area contributed by atoms with Crippen LogP contribution in [0.15, 0.2) is 42.5 Å². The summed E-state index contributed by atoms with van der Waals surface area (Å²) < 4.78 is 0. The number of fused-ring (bicyclic) bond motifs is 1. The molecule has 0 aromatic heterocycles. The summed E-state index contributed by atoms with van der Waals surface area (Å²) in [6.45, 7) is 1.94. The Hall–Kier alpha value is -2.95. The van der Waals surface area contributed by atoms with Gasteiger partial charge >= 0.3 is 0 Å². The summed E-state index contributed by atoms with van der Waals surface area (Å²) in [4.78, 5) is 37.1. The molecule has 5 heteroatoms. The highest BCUT2D eigenvalue weighted by Crippen LogP contribution is 2.23. The number of nitrogens with one attached hydrogen (secondary N) is 1. The van der Waals surface area contributed by atoms with Crippen molar-refractivity contribution < 1.29 is 14.4 Å². The van der Waals surface area contributed by atoms with Crippen molar-refractivity contribution in [3.05, 3.63) is 64.7 Å². The number of anilines is 1. The van der Waals surface area contributed by atoms with Gasteiger partial charge in [-0.15, -0.1) is 0 Å². The van der Waals surface area contributed by atoms with Crippen LogP contribution in [0.3, 0.4) is 0 Å². The minimum absolute atomic E-state index is 0.268. The molecular formula is C17H14N2O3. The molecule has 0 fully saturated rings. The number of nitrogens with zero attached hydrogens (tertiary/aromatic N) is 1. The van der Waals surface area contributed by atoms with Crippen molar-refractivity contribution in [1.82, 2.24) is 4.90 Å². The molecule has 1 heterocycles. The van der Waals surface area contributed by atoms with Crippen molar-refractivity contribution in [2.75, 3.05) is 12.4 Å². The molecule has 22 heavy (non-hydrogen) atoms. The SMILES string of the molecule is Cc1cccc(NC(=O)c2ccc3c(c2)C(=O)N(C)C3=O)c1. The van der Waals surface area contributed by atoms with E-state index in [1.54, 1.807) is 12.1 Å². The Bertz CT molecular complexity index is 811. The number of amides is 3. The van der Waals surface area contributed by atoms with Crippen LogP contribution in [0.25, 0.3) is 0 Å². The minimum atomic E-state index is -0.384. The van der Waals surface area contributed by atoms with E-state index in [1.807, 2.05) is 25.1 Å². The summed E-state index contributed by atoms with van der Waals surface area (Å²) in [5.74, 6) is -1.04. The smallest absolute Gasteiger partial charge is 0.261 e. The van der Waals surface area contributed by atoms with E-state index in [0.717, 1.165) is 10.5 Å². The third kappa shape index (κ3) is 2.26. The van der Waals surface area contributed by atoms with Crippen LogP contribution >= 0.6 is 0 Å². The molecule has 2 aromatic carbocycles. The molecule has 0 saturated carbocycles. The molecular weight excluding hydrogens is 280 g/mol. The van der Waals surface area contributed by atoms with Crippen molar-refractivity contribution in [2.45, 2.75) is 6.92 Å². The maximum Gasteiger partial charge on any atom is 0.261 e. The van der Waals surface area contributed by atoms with Gasteiger partial charge in [-0.05, 0) is 42.8 Å². The van der Waals surface area contributed by atoms with Gasteiger partial charge in [-0.3, -0.25) is 19.3 Å². The molecule has 1 N–H and O–H groups in total. The monoisotopic (exact) mass is 294 g/mol. The van der Waals surface area contributed by atoms with Crippen LogP contribution in [0.2, 0.25) is 0 Å². The van der Waals surface area contributed by atoms with Crippen molar-refractivity contribution in [2.24, 2.45) is 0 Å². The fourth-order valence-corrected chi connectivity index (χ4v) is 2.43. The molecule has 0 saturated heterocycles. The van der Waals surface area contributed by atoms with Crippen molar-refractivity contribution in [1.29, 1.82) is 0 Å². The van der Waals surface area contributed by atoms with Crippen molar-refractivity contribution >= 4 is 23.4 Å². The Morgan fingerprint density at radius 3 is 2.45 bits per heavy atom. The average Bonchev–Trinajstić information content (AvgIpc) is 2.72. The highest BCUT2D eigenvalue weighted by atomic mass is 16.2. The lowest BCUT2D eigenvalue weighted by atomic mass is 10.1. The lowest BCUT2D eigenvalue weighted by Gasteiger charge is -2.06. The zero-order valence-corrected chi connectivity index (χ0v) is 12.2. The van der Waals surface area contributed by atoms with Crippen LogP contribution in [-0.4, -0.2) is 29.7 Å². The van der Waals surface area contributed by atoms with Gasteiger partial charge in [0.05, 0.1) is 11.1 Å². The number of carbonyl (C=O) groups is 3. The first-order chi connectivity index (χ1) is 10.5. The Kier molecular flexibility index (Phi) is 3.25. The number of rotatable bonds is 2. The second kappa shape index (κ2) is 5.11. The van der Waals surface area contributed by atoms with Gasteiger partial charge in [0, 0.05) is 18.3 Å². The predicted molar refractivity (Wildman–Crippen MR) is 82.0 cm³/mol. The van der Waals surface area contributed by atoms with Gasteiger partial charge in [0.25, 0.3) is 17.7 Å². The van der Waals surface area contributed by atoms with E-state index in [0.29, 0.717) is 16.8 Å². The summed E-state index contributed by atoms with van der Waals surface area (Å²) in [6, 6.07) is 12.0. The highest BCUT2D eigenvalue weighted by Gasteiger charge is 2.33. The van der Waals surface area contributed by atoms with E-state index in [2.05, 4.69) is 5.32 Å². The summed E-state index contributed by atoms with van der Waals surface area (Å²) in [5.41, 5.74) is 2.67. The average molecular weight is 294 g/mol. The van der Waals surface area contributed by atoms with E-state index < -0.39 is 0 Å². The topological polar surface area (TPSA) is 66.5 Å². The standard InChI is InChI=1S/C17H14N2O3/c1-10-4-3-5-12(8-10)18-15(20)11-6-7-13-14(9-11)17(22)19(2)16(13)21/h3-9H,1-2H3,(H,18,20). The first kappa shape index (κ1) is 14.0. The first-order valence-electron chi connectivity index (χ1n) is 6.82. The molecule has 1 aliphatic rings. The maximum absolute atomic E-state index is 12.3. The summed E-state index contributed by atoms with van der Waals surface area (Å²) >= 11 is 0. The number of hydrogen-bond donors (Lipinski definition) is 1.